The third-order valence-corrected chi connectivity index (χ3v) is 4.08. The number of amides is 1. The van der Waals surface area contributed by atoms with Gasteiger partial charge in [-0.05, 0) is 61.9 Å². The fourth-order valence-corrected chi connectivity index (χ4v) is 2.68. The molecule has 0 unspecified atom stereocenters. The number of carbonyl (C=O) groups excluding carboxylic acids is 2. The maximum absolute atomic E-state index is 12.3. The maximum Gasteiger partial charge on any atom is 0.255 e. The Bertz CT molecular complexity index is 871. The lowest BCUT2D eigenvalue weighted by molar-refractivity contribution is 0.101. The number of nitrogens with one attached hydrogen (secondary N) is 1. The zero-order valence-electron chi connectivity index (χ0n) is 12.7. The summed E-state index contributed by atoms with van der Waals surface area (Å²) in [6.45, 7) is 3.13. The quantitative estimate of drug-likeness (QED) is 0.836. The zero-order valence-corrected chi connectivity index (χ0v) is 13.5. The minimum absolute atomic E-state index is 0.0700. The normalized spacial score (nSPS) is 11.1. The lowest BCUT2D eigenvalue weighted by atomic mass is 10.1. The van der Waals surface area contributed by atoms with E-state index in [2.05, 4.69) is 5.32 Å². The predicted molar refractivity (Wildman–Crippen MR) is 87.0 cm³/mol. The van der Waals surface area contributed by atoms with Gasteiger partial charge >= 0.3 is 0 Å². The highest BCUT2D eigenvalue weighted by atomic mass is 32.2. The molecule has 0 aliphatic rings. The Balaban J connectivity index is 2.27. The standard InChI is InChI=1S/C16H16N2O4S/c1-10-7-13(9-15(8-10)23(17,21)22)16(20)18-14-5-3-12(4-6-14)11(2)19/h3-9H,1-2H3,(H,18,20)(H2,17,21,22). The molecule has 7 heteroatoms. The van der Waals surface area contributed by atoms with Crippen LogP contribution in [-0.2, 0) is 10.0 Å². The Morgan fingerprint density at radius 2 is 1.61 bits per heavy atom. The van der Waals surface area contributed by atoms with Crippen LogP contribution in [0.15, 0.2) is 47.4 Å². The van der Waals surface area contributed by atoms with Gasteiger partial charge in [0.2, 0.25) is 10.0 Å². The topological polar surface area (TPSA) is 106 Å². The highest BCUT2D eigenvalue weighted by Crippen LogP contribution is 2.16. The molecule has 0 atom stereocenters. The molecule has 0 spiro atoms. The average molecular weight is 332 g/mol. The van der Waals surface area contributed by atoms with Gasteiger partial charge in [-0.1, -0.05) is 0 Å². The molecule has 0 fully saturated rings. The molecule has 23 heavy (non-hydrogen) atoms. The van der Waals surface area contributed by atoms with Gasteiger partial charge < -0.3 is 5.32 Å². The van der Waals surface area contributed by atoms with Crippen molar-refractivity contribution in [2.75, 3.05) is 5.32 Å². The number of aryl methyl sites for hydroxylation is 1. The summed E-state index contributed by atoms with van der Waals surface area (Å²) < 4.78 is 22.9. The van der Waals surface area contributed by atoms with Crippen LogP contribution in [0.1, 0.15) is 33.2 Å². The Hall–Kier alpha value is -2.51. The number of ketones is 1. The highest BCUT2D eigenvalue weighted by Gasteiger charge is 2.14. The van der Waals surface area contributed by atoms with Crippen LogP contribution in [0.2, 0.25) is 0 Å². The molecule has 2 rings (SSSR count). The van der Waals surface area contributed by atoms with Gasteiger partial charge in [-0.3, -0.25) is 9.59 Å². The molecule has 0 aromatic heterocycles. The van der Waals surface area contributed by atoms with E-state index in [1.54, 1.807) is 37.3 Å². The molecule has 2 aromatic rings. The number of Topliss-reactive ketones (excluding diaryl/α,β-unsaturated/α-hetero) is 1. The molecule has 6 nitrogen and oxygen atoms in total. The number of benzene rings is 2. The molecule has 0 saturated carbocycles. The summed E-state index contributed by atoms with van der Waals surface area (Å²) in [4.78, 5) is 23.3. The van der Waals surface area contributed by atoms with E-state index in [1.807, 2.05) is 0 Å². The van der Waals surface area contributed by atoms with Gasteiger partial charge in [-0.15, -0.1) is 0 Å². The largest absolute Gasteiger partial charge is 0.322 e. The van der Waals surface area contributed by atoms with E-state index in [9.17, 15) is 18.0 Å². The third kappa shape index (κ3) is 4.24. The van der Waals surface area contributed by atoms with Crippen LogP contribution in [0.4, 0.5) is 5.69 Å². The molecule has 0 aliphatic carbocycles. The number of nitrogens with two attached hydrogens (primary N) is 1. The number of hydrogen-bond donors (Lipinski definition) is 2. The van der Waals surface area contributed by atoms with Gasteiger partial charge in [-0.2, -0.15) is 0 Å². The van der Waals surface area contributed by atoms with Crippen molar-refractivity contribution in [2.45, 2.75) is 18.7 Å². The monoisotopic (exact) mass is 332 g/mol. The van der Waals surface area contributed by atoms with Crippen molar-refractivity contribution in [2.24, 2.45) is 5.14 Å². The summed E-state index contributed by atoms with van der Waals surface area (Å²) in [6, 6.07) is 10.6. The van der Waals surface area contributed by atoms with Crippen molar-refractivity contribution in [3.63, 3.8) is 0 Å². The van der Waals surface area contributed by atoms with Crippen molar-refractivity contribution in [3.05, 3.63) is 59.2 Å². The third-order valence-electron chi connectivity index (χ3n) is 3.19. The fourth-order valence-electron chi connectivity index (χ4n) is 2.03. The first-order valence-electron chi connectivity index (χ1n) is 6.73. The summed E-state index contributed by atoms with van der Waals surface area (Å²) in [5, 5.41) is 7.75. The van der Waals surface area contributed by atoms with Gasteiger partial charge in [0.15, 0.2) is 5.78 Å². The minimum atomic E-state index is -3.89. The van der Waals surface area contributed by atoms with Crippen molar-refractivity contribution >= 4 is 27.4 Å². The first kappa shape index (κ1) is 16.9. The van der Waals surface area contributed by atoms with Gasteiger partial charge in [0, 0.05) is 16.8 Å². The van der Waals surface area contributed by atoms with E-state index in [0.717, 1.165) is 0 Å². The Morgan fingerprint density at radius 1 is 1.00 bits per heavy atom. The molecule has 0 bridgehead atoms. The number of anilines is 1. The molecule has 0 saturated heterocycles. The Kier molecular flexibility index (Phi) is 4.63. The summed E-state index contributed by atoms with van der Waals surface area (Å²) in [6.07, 6.45) is 0. The number of hydrogen-bond acceptors (Lipinski definition) is 4. The van der Waals surface area contributed by atoms with Gasteiger partial charge in [0.1, 0.15) is 0 Å². The second kappa shape index (κ2) is 6.31. The van der Waals surface area contributed by atoms with Crippen LogP contribution in [0.3, 0.4) is 0 Å². The van der Waals surface area contributed by atoms with Crippen LogP contribution in [-0.4, -0.2) is 20.1 Å². The van der Waals surface area contributed by atoms with Crippen molar-refractivity contribution < 1.29 is 18.0 Å². The maximum atomic E-state index is 12.3. The molecule has 120 valence electrons. The summed E-state index contributed by atoms with van der Waals surface area (Å²) >= 11 is 0. The molecule has 2 aromatic carbocycles. The summed E-state index contributed by atoms with van der Waals surface area (Å²) in [5.41, 5.74) is 1.83. The zero-order chi connectivity index (χ0) is 17.2. The summed E-state index contributed by atoms with van der Waals surface area (Å²) in [5.74, 6) is -0.534. The van der Waals surface area contributed by atoms with Crippen LogP contribution < -0.4 is 10.5 Å². The molecular formula is C16H16N2O4S. The summed E-state index contributed by atoms with van der Waals surface area (Å²) in [7, 11) is -3.89. The van der Waals surface area contributed by atoms with E-state index in [4.69, 9.17) is 5.14 Å². The van der Waals surface area contributed by atoms with Crippen LogP contribution in [0, 0.1) is 6.92 Å². The number of carbonyl (C=O) groups is 2. The van der Waals surface area contributed by atoms with Gasteiger partial charge in [0.05, 0.1) is 4.90 Å². The molecule has 3 N–H and O–H groups in total. The highest BCUT2D eigenvalue weighted by molar-refractivity contribution is 7.89. The molecule has 0 aliphatic heterocycles. The second-order valence-corrected chi connectivity index (χ2v) is 6.73. The smallest absolute Gasteiger partial charge is 0.255 e. The predicted octanol–water partition coefficient (Wildman–Crippen LogP) is 2.10. The lowest BCUT2D eigenvalue weighted by Gasteiger charge is -2.08. The number of primary sulfonamides is 1. The first-order valence-corrected chi connectivity index (χ1v) is 8.28. The SMILES string of the molecule is CC(=O)c1ccc(NC(=O)c2cc(C)cc(S(N)(=O)=O)c2)cc1. The molecule has 0 heterocycles. The van der Waals surface area contributed by atoms with Crippen molar-refractivity contribution in [3.8, 4) is 0 Å². The minimum Gasteiger partial charge on any atom is -0.322 e. The fraction of sp³-hybridized carbons (Fsp3) is 0.125. The van der Waals surface area contributed by atoms with Gasteiger partial charge in [-0.25, -0.2) is 13.6 Å². The molecular weight excluding hydrogens is 316 g/mol. The average Bonchev–Trinajstić information content (AvgIpc) is 2.46. The lowest BCUT2D eigenvalue weighted by Crippen LogP contribution is -2.16. The van der Waals surface area contributed by atoms with Crippen LogP contribution >= 0.6 is 0 Å². The van der Waals surface area contributed by atoms with Crippen LogP contribution in [0.25, 0.3) is 0 Å². The van der Waals surface area contributed by atoms with E-state index in [-0.39, 0.29) is 16.2 Å². The van der Waals surface area contributed by atoms with E-state index >= 15 is 0 Å². The van der Waals surface area contributed by atoms with Crippen molar-refractivity contribution in [1.82, 2.24) is 0 Å². The van der Waals surface area contributed by atoms with Gasteiger partial charge in [0.25, 0.3) is 5.91 Å². The Morgan fingerprint density at radius 3 is 2.13 bits per heavy atom. The van der Waals surface area contributed by atoms with Crippen LogP contribution in [0.5, 0.6) is 0 Å². The van der Waals surface area contributed by atoms with E-state index in [1.165, 1.54) is 19.1 Å². The Labute approximate surface area is 134 Å². The second-order valence-electron chi connectivity index (χ2n) is 5.17. The first-order chi connectivity index (χ1) is 10.7. The molecule has 0 radical (unpaired) electrons. The van der Waals surface area contributed by atoms with Crippen molar-refractivity contribution in [1.29, 1.82) is 0 Å². The van der Waals surface area contributed by atoms with E-state index in [0.29, 0.717) is 16.8 Å². The number of sulfonamides is 1. The number of rotatable bonds is 4. The van der Waals surface area contributed by atoms with E-state index < -0.39 is 15.9 Å². The molecule has 1 amide bonds.